The fourth-order valence-electron chi connectivity index (χ4n) is 1.39. The fraction of sp³-hybridized carbons (Fsp3) is 0.182. The van der Waals surface area contributed by atoms with Crippen molar-refractivity contribution in [3.8, 4) is 0 Å². The van der Waals surface area contributed by atoms with E-state index in [1.54, 1.807) is 19.3 Å². The van der Waals surface area contributed by atoms with Crippen molar-refractivity contribution in [1.82, 2.24) is 15.1 Å². The first-order chi connectivity index (χ1) is 9.10. The second-order valence-corrected chi connectivity index (χ2v) is 4.38. The van der Waals surface area contributed by atoms with E-state index in [9.17, 15) is 9.59 Å². The Bertz CT molecular complexity index is 605. The second-order valence-electron chi connectivity index (χ2n) is 3.66. The zero-order chi connectivity index (χ0) is 13.8. The molecular formula is C11H11BrN4O3. The number of nitrogens with zero attached hydrogens (tertiary/aromatic N) is 2. The van der Waals surface area contributed by atoms with Gasteiger partial charge in [-0.1, -0.05) is 0 Å². The molecule has 19 heavy (non-hydrogen) atoms. The normalized spacial score (nSPS) is 10.2. The van der Waals surface area contributed by atoms with Gasteiger partial charge in [-0.05, 0) is 22.0 Å². The summed E-state index contributed by atoms with van der Waals surface area (Å²) in [4.78, 5) is 23.0. The molecule has 2 rings (SSSR count). The number of hydrogen-bond acceptors (Lipinski definition) is 4. The van der Waals surface area contributed by atoms with E-state index in [1.165, 1.54) is 17.1 Å². The number of hydrogen-bond donors (Lipinski definition) is 2. The Morgan fingerprint density at radius 1 is 1.53 bits per heavy atom. The van der Waals surface area contributed by atoms with Crippen LogP contribution in [0.25, 0.3) is 0 Å². The summed E-state index contributed by atoms with van der Waals surface area (Å²) < 4.78 is 6.77. The molecule has 0 atom stereocenters. The van der Waals surface area contributed by atoms with Gasteiger partial charge < -0.3 is 15.1 Å². The monoisotopic (exact) mass is 326 g/mol. The number of nitrogens with one attached hydrogen (secondary N) is 2. The van der Waals surface area contributed by atoms with E-state index in [0.717, 1.165) is 0 Å². The lowest BCUT2D eigenvalue weighted by molar-refractivity contribution is -0.121. The maximum Gasteiger partial charge on any atom is 0.260 e. The van der Waals surface area contributed by atoms with Crippen LogP contribution in [0.4, 0.5) is 5.69 Å². The SMILES string of the molecule is CNC(=O)Cn1cc(NC(=O)c2ccoc2Br)cn1. The van der Waals surface area contributed by atoms with Gasteiger partial charge in [-0.15, -0.1) is 0 Å². The number of furan rings is 1. The number of carbonyl (C=O) groups is 2. The third-order valence-corrected chi connectivity index (χ3v) is 2.95. The molecule has 100 valence electrons. The highest BCUT2D eigenvalue weighted by atomic mass is 79.9. The Hall–Kier alpha value is -2.09. The summed E-state index contributed by atoms with van der Waals surface area (Å²) in [6, 6.07) is 1.55. The van der Waals surface area contributed by atoms with Gasteiger partial charge in [-0.3, -0.25) is 14.3 Å². The molecule has 0 aliphatic rings. The summed E-state index contributed by atoms with van der Waals surface area (Å²) in [5, 5.41) is 9.11. The number of aromatic nitrogens is 2. The van der Waals surface area contributed by atoms with E-state index >= 15 is 0 Å². The number of halogens is 1. The highest BCUT2D eigenvalue weighted by molar-refractivity contribution is 9.10. The molecule has 0 bridgehead atoms. The van der Waals surface area contributed by atoms with Gasteiger partial charge in [0.1, 0.15) is 6.54 Å². The Morgan fingerprint density at radius 2 is 2.32 bits per heavy atom. The Morgan fingerprint density at radius 3 is 2.95 bits per heavy atom. The summed E-state index contributed by atoms with van der Waals surface area (Å²) in [6.45, 7) is 0.0990. The molecule has 2 aromatic rings. The van der Waals surface area contributed by atoms with Crippen LogP contribution >= 0.6 is 15.9 Å². The lowest BCUT2D eigenvalue weighted by atomic mass is 10.3. The molecule has 2 N–H and O–H groups in total. The number of anilines is 1. The standard InChI is InChI=1S/C11H11BrN4O3/c1-13-9(17)6-16-5-7(4-14-16)15-11(18)8-2-3-19-10(8)12/h2-5H,6H2,1H3,(H,13,17)(H,15,18). The summed E-state index contributed by atoms with van der Waals surface area (Å²) in [7, 11) is 1.55. The van der Waals surface area contributed by atoms with Crippen molar-refractivity contribution in [1.29, 1.82) is 0 Å². The molecule has 0 aromatic carbocycles. The van der Waals surface area contributed by atoms with Crippen molar-refractivity contribution in [2.75, 3.05) is 12.4 Å². The van der Waals surface area contributed by atoms with E-state index in [4.69, 9.17) is 4.42 Å². The largest absolute Gasteiger partial charge is 0.457 e. The first-order valence-corrected chi connectivity index (χ1v) is 6.17. The van der Waals surface area contributed by atoms with Crippen molar-refractivity contribution in [3.63, 3.8) is 0 Å². The first-order valence-electron chi connectivity index (χ1n) is 5.37. The molecule has 0 saturated carbocycles. The average molecular weight is 327 g/mol. The molecule has 0 fully saturated rings. The van der Waals surface area contributed by atoms with Gasteiger partial charge in [0.05, 0.1) is 23.7 Å². The molecule has 2 amide bonds. The van der Waals surface area contributed by atoms with Crippen LogP contribution in [0.3, 0.4) is 0 Å². The minimum absolute atomic E-state index is 0.0990. The van der Waals surface area contributed by atoms with Crippen LogP contribution in [-0.2, 0) is 11.3 Å². The van der Waals surface area contributed by atoms with Gasteiger partial charge >= 0.3 is 0 Å². The van der Waals surface area contributed by atoms with Gasteiger partial charge in [0, 0.05) is 13.2 Å². The van der Waals surface area contributed by atoms with Crippen LogP contribution in [0.5, 0.6) is 0 Å². The topological polar surface area (TPSA) is 89.2 Å². The maximum atomic E-state index is 11.9. The summed E-state index contributed by atoms with van der Waals surface area (Å²) in [5.41, 5.74) is 0.890. The molecule has 7 nitrogen and oxygen atoms in total. The zero-order valence-electron chi connectivity index (χ0n) is 10.0. The van der Waals surface area contributed by atoms with E-state index in [1.807, 2.05) is 0 Å². The van der Waals surface area contributed by atoms with E-state index in [2.05, 4.69) is 31.7 Å². The van der Waals surface area contributed by atoms with Crippen molar-refractivity contribution in [2.24, 2.45) is 0 Å². The molecule has 2 aromatic heterocycles. The van der Waals surface area contributed by atoms with Crippen LogP contribution in [0.2, 0.25) is 0 Å². The number of rotatable bonds is 4. The Labute approximate surface area is 117 Å². The first kappa shape index (κ1) is 13.3. The fourth-order valence-corrected chi connectivity index (χ4v) is 1.82. The van der Waals surface area contributed by atoms with Crippen LogP contribution in [0.15, 0.2) is 33.8 Å². The molecule has 0 aliphatic heterocycles. The van der Waals surface area contributed by atoms with Crippen molar-refractivity contribution in [3.05, 3.63) is 35.0 Å². The van der Waals surface area contributed by atoms with Crippen molar-refractivity contribution < 1.29 is 14.0 Å². The Kier molecular flexibility index (Phi) is 4.00. The minimum Gasteiger partial charge on any atom is -0.457 e. The molecule has 0 saturated heterocycles. The molecule has 2 heterocycles. The number of amides is 2. The molecular weight excluding hydrogens is 316 g/mol. The van der Waals surface area contributed by atoms with Crippen molar-refractivity contribution >= 4 is 33.4 Å². The minimum atomic E-state index is -0.319. The smallest absolute Gasteiger partial charge is 0.260 e. The van der Waals surface area contributed by atoms with Gasteiger partial charge in [0.25, 0.3) is 5.91 Å². The van der Waals surface area contributed by atoms with E-state index in [0.29, 0.717) is 15.9 Å². The van der Waals surface area contributed by atoms with Crippen molar-refractivity contribution in [2.45, 2.75) is 6.54 Å². The van der Waals surface area contributed by atoms with E-state index in [-0.39, 0.29) is 18.4 Å². The zero-order valence-corrected chi connectivity index (χ0v) is 11.6. The number of likely N-dealkylation sites (N-methyl/N-ethyl adjacent to an activating group) is 1. The molecule has 0 aliphatic carbocycles. The highest BCUT2D eigenvalue weighted by Gasteiger charge is 2.13. The van der Waals surface area contributed by atoms with Gasteiger partial charge in [0.2, 0.25) is 5.91 Å². The van der Waals surface area contributed by atoms with Crippen LogP contribution in [-0.4, -0.2) is 28.6 Å². The van der Waals surface area contributed by atoms with Crippen LogP contribution in [0, 0.1) is 0 Å². The lowest BCUT2D eigenvalue weighted by Gasteiger charge is -2.00. The molecule has 0 radical (unpaired) electrons. The maximum absolute atomic E-state index is 11.9. The van der Waals surface area contributed by atoms with Crippen LogP contribution in [0.1, 0.15) is 10.4 Å². The summed E-state index contributed by atoms with van der Waals surface area (Å²) in [5.74, 6) is -0.487. The lowest BCUT2D eigenvalue weighted by Crippen LogP contribution is -2.23. The highest BCUT2D eigenvalue weighted by Crippen LogP contribution is 2.18. The van der Waals surface area contributed by atoms with Gasteiger partial charge in [0.15, 0.2) is 4.67 Å². The summed E-state index contributed by atoms with van der Waals surface area (Å²) in [6.07, 6.45) is 4.45. The van der Waals surface area contributed by atoms with E-state index < -0.39 is 0 Å². The van der Waals surface area contributed by atoms with Gasteiger partial charge in [-0.25, -0.2) is 0 Å². The van der Waals surface area contributed by atoms with Gasteiger partial charge in [-0.2, -0.15) is 5.10 Å². The summed E-state index contributed by atoms with van der Waals surface area (Å²) >= 11 is 3.13. The Balaban J connectivity index is 2.02. The predicted molar refractivity (Wildman–Crippen MR) is 70.7 cm³/mol. The predicted octanol–water partition coefficient (Wildman–Crippen LogP) is 1.24. The van der Waals surface area contributed by atoms with Crippen LogP contribution < -0.4 is 10.6 Å². The quantitative estimate of drug-likeness (QED) is 0.884. The molecule has 8 heteroatoms. The number of carbonyl (C=O) groups excluding carboxylic acids is 2. The molecule has 0 spiro atoms. The average Bonchev–Trinajstić information content (AvgIpc) is 2.98. The molecule has 0 unspecified atom stereocenters. The second kappa shape index (κ2) is 5.70. The third kappa shape index (κ3) is 3.22. The third-order valence-electron chi connectivity index (χ3n) is 2.34.